The third-order valence-corrected chi connectivity index (χ3v) is 3.53. The second-order valence-electron chi connectivity index (χ2n) is 5.00. The fourth-order valence-electron chi connectivity index (χ4n) is 2.45. The van der Waals surface area contributed by atoms with E-state index in [0.717, 1.165) is 22.3 Å². The molecule has 3 aromatic heterocycles. The normalized spacial score (nSPS) is 11.1. The summed E-state index contributed by atoms with van der Waals surface area (Å²) in [4.78, 5) is 0. The molecule has 0 radical (unpaired) electrons. The predicted molar refractivity (Wildman–Crippen MR) is 79.7 cm³/mol. The Labute approximate surface area is 125 Å². The molecular weight excluding hydrogens is 281 g/mol. The van der Waals surface area contributed by atoms with Crippen LogP contribution in [0.3, 0.4) is 0 Å². The smallest absolute Gasteiger partial charge is 0.123 e. The molecule has 4 aromatic rings. The molecular formula is C16H12FN5. The molecule has 0 fully saturated rings. The Balaban J connectivity index is 1.64. The minimum atomic E-state index is -0.261. The molecule has 0 saturated heterocycles. The third-order valence-electron chi connectivity index (χ3n) is 3.53. The molecule has 0 N–H and O–H groups in total. The topological polar surface area (TPSA) is 48.0 Å². The molecule has 1 aromatic carbocycles. The lowest BCUT2D eigenvalue weighted by Crippen LogP contribution is -2.02. The number of aromatic nitrogens is 5. The third kappa shape index (κ3) is 2.24. The summed E-state index contributed by atoms with van der Waals surface area (Å²) >= 11 is 0. The fourth-order valence-corrected chi connectivity index (χ4v) is 2.45. The van der Waals surface area contributed by atoms with Crippen LogP contribution in [0, 0.1) is 5.82 Å². The van der Waals surface area contributed by atoms with E-state index in [1.807, 2.05) is 35.1 Å². The summed E-state index contributed by atoms with van der Waals surface area (Å²) in [6, 6.07) is 12.2. The number of halogens is 1. The van der Waals surface area contributed by atoms with Gasteiger partial charge in [0.2, 0.25) is 0 Å². The summed E-state index contributed by atoms with van der Waals surface area (Å²) in [5.41, 5.74) is 3.72. The minimum absolute atomic E-state index is 0.261. The number of pyridine rings is 1. The molecule has 108 valence electrons. The highest BCUT2D eigenvalue weighted by molar-refractivity contribution is 5.57. The van der Waals surface area contributed by atoms with E-state index < -0.39 is 0 Å². The highest BCUT2D eigenvalue weighted by Crippen LogP contribution is 2.17. The van der Waals surface area contributed by atoms with Crippen LogP contribution in [0.25, 0.3) is 16.8 Å². The van der Waals surface area contributed by atoms with E-state index in [4.69, 9.17) is 0 Å². The molecule has 0 amide bonds. The van der Waals surface area contributed by atoms with Crippen molar-refractivity contribution in [2.24, 2.45) is 0 Å². The van der Waals surface area contributed by atoms with E-state index in [1.165, 1.54) is 12.1 Å². The number of hydrogen-bond donors (Lipinski definition) is 0. The molecule has 0 aliphatic rings. The lowest BCUT2D eigenvalue weighted by Gasteiger charge is -2.03. The van der Waals surface area contributed by atoms with Crippen molar-refractivity contribution in [3.05, 3.63) is 72.4 Å². The van der Waals surface area contributed by atoms with E-state index in [2.05, 4.69) is 15.4 Å². The maximum absolute atomic E-state index is 13.0. The first-order chi connectivity index (χ1) is 10.8. The zero-order chi connectivity index (χ0) is 14.9. The van der Waals surface area contributed by atoms with Gasteiger partial charge in [-0.15, -0.1) is 5.10 Å². The van der Waals surface area contributed by atoms with Crippen molar-refractivity contribution in [1.82, 2.24) is 24.6 Å². The van der Waals surface area contributed by atoms with Crippen molar-refractivity contribution < 1.29 is 4.39 Å². The Kier molecular flexibility index (Phi) is 2.93. The largest absolute Gasteiger partial charge is 0.247 e. The molecule has 0 spiro atoms. The van der Waals surface area contributed by atoms with E-state index in [0.29, 0.717) is 6.54 Å². The van der Waals surface area contributed by atoms with Crippen LogP contribution in [0.1, 0.15) is 5.56 Å². The van der Waals surface area contributed by atoms with Crippen molar-refractivity contribution in [1.29, 1.82) is 0 Å². The summed E-state index contributed by atoms with van der Waals surface area (Å²) in [5, 5.41) is 12.5. The second kappa shape index (κ2) is 5.07. The maximum Gasteiger partial charge on any atom is 0.123 e. The van der Waals surface area contributed by atoms with Gasteiger partial charge in [0.25, 0.3) is 0 Å². The van der Waals surface area contributed by atoms with Crippen molar-refractivity contribution in [2.75, 3.05) is 0 Å². The molecule has 22 heavy (non-hydrogen) atoms. The van der Waals surface area contributed by atoms with Gasteiger partial charge in [0, 0.05) is 18.0 Å². The zero-order valence-corrected chi connectivity index (χ0v) is 11.6. The molecule has 0 saturated carbocycles. The first kappa shape index (κ1) is 12.7. The van der Waals surface area contributed by atoms with Gasteiger partial charge in [-0.2, -0.15) is 5.10 Å². The molecule has 0 bridgehead atoms. The summed E-state index contributed by atoms with van der Waals surface area (Å²) in [5.74, 6) is -0.261. The molecule has 6 heteroatoms. The summed E-state index contributed by atoms with van der Waals surface area (Å²) in [6.07, 6.45) is 5.53. The highest BCUT2D eigenvalue weighted by Gasteiger charge is 2.07. The molecule has 0 unspecified atom stereocenters. The van der Waals surface area contributed by atoms with Crippen molar-refractivity contribution in [2.45, 2.75) is 6.54 Å². The van der Waals surface area contributed by atoms with Gasteiger partial charge in [-0.05, 0) is 42.0 Å². The average Bonchev–Trinajstić information content (AvgIpc) is 3.17. The van der Waals surface area contributed by atoms with Crippen molar-refractivity contribution in [3.63, 3.8) is 0 Å². The van der Waals surface area contributed by atoms with Gasteiger partial charge in [0.1, 0.15) is 11.5 Å². The van der Waals surface area contributed by atoms with Gasteiger partial charge in [-0.3, -0.25) is 0 Å². The molecule has 5 nitrogen and oxygen atoms in total. The van der Waals surface area contributed by atoms with E-state index >= 15 is 0 Å². The standard InChI is InChI=1S/C16H12FN5/c17-14-5-3-12(4-6-14)15-11-21(20-19-15)10-13-2-1-9-22-16(13)7-8-18-22/h1-9,11H,10H2. The van der Waals surface area contributed by atoms with Crippen molar-refractivity contribution in [3.8, 4) is 11.3 Å². The summed E-state index contributed by atoms with van der Waals surface area (Å²) < 4.78 is 16.6. The van der Waals surface area contributed by atoms with E-state index in [9.17, 15) is 4.39 Å². The van der Waals surface area contributed by atoms with Crippen LogP contribution in [0.15, 0.2) is 61.1 Å². The molecule has 4 rings (SSSR count). The Hall–Kier alpha value is -3.02. The van der Waals surface area contributed by atoms with Crippen LogP contribution in [0.2, 0.25) is 0 Å². The Morgan fingerprint density at radius 1 is 1.05 bits per heavy atom. The Morgan fingerprint density at radius 2 is 1.91 bits per heavy atom. The SMILES string of the molecule is Fc1ccc(-c2cn(Cc3cccn4nccc34)nn2)cc1. The molecule has 3 heterocycles. The van der Waals surface area contributed by atoms with Gasteiger partial charge in [-0.1, -0.05) is 11.3 Å². The minimum Gasteiger partial charge on any atom is -0.247 e. The monoisotopic (exact) mass is 293 g/mol. The van der Waals surface area contributed by atoms with Gasteiger partial charge in [-0.25, -0.2) is 13.6 Å². The molecule has 0 aliphatic carbocycles. The zero-order valence-electron chi connectivity index (χ0n) is 11.6. The average molecular weight is 293 g/mol. The lowest BCUT2D eigenvalue weighted by molar-refractivity contribution is 0.628. The van der Waals surface area contributed by atoms with Gasteiger partial charge in [0.05, 0.1) is 18.3 Å². The maximum atomic E-state index is 13.0. The van der Waals surface area contributed by atoms with Gasteiger partial charge >= 0.3 is 0 Å². The van der Waals surface area contributed by atoms with Crippen LogP contribution in [0.5, 0.6) is 0 Å². The first-order valence-electron chi connectivity index (χ1n) is 6.87. The first-order valence-corrected chi connectivity index (χ1v) is 6.87. The van der Waals surface area contributed by atoms with Crippen LogP contribution in [0.4, 0.5) is 4.39 Å². The van der Waals surface area contributed by atoms with E-state index in [-0.39, 0.29) is 5.82 Å². The fraction of sp³-hybridized carbons (Fsp3) is 0.0625. The number of nitrogens with zero attached hydrogens (tertiary/aromatic N) is 5. The van der Waals surface area contributed by atoms with Crippen LogP contribution in [-0.2, 0) is 6.54 Å². The van der Waals surface area contributed by atoms with E-state index in [1.54, 1.807) is 23.0 Å². The lowest BCUT2D eigenvalue weighted by atomic mass is 10.2. The van der Waals surface area contributed by atoms with Crippen LogP contribution >= 0.6 is 0 Å². The number of benzene rings is 1. The summed E-state index contributed by atoms with van der Waals surface area (Å²) in [6.45, 7) is 0.601. The summed E-state index contributed by atoms with van der Waals surface area (Å²) in [7, 11) is 0. The number of hydrogen-bond acceptors (Lipinski definition) is 3. The molecule has 0 aliphatic heterocycles. The quantitative estimate of drug-likeness (QED) is 0.583. The molecule has 0 atom stereocenters. The van der Waals surface area contributed by atoms with Crippen LogP contribution in [-0.4, -0.2) is 24.6 Å². The van der Waals surface area contributed by atoms with Gasteiger partial charge < -0.3 is 0 Å². The number of fused-ring (bicyclic) bond motifs is 1. The van der Waals surface area contributed by atoms with Crippen molar-refractivity contribution >= 4 is 5.52 Å². The van der Waals surface area contributed by atoms with Crippen LogP contribution < -0.4 is 0 Å². The highest BCUT2D eigenvalue weighted by atomic mass is 19.1. The Morgan fingerprint density at radius 3 is 2.77 bits per heavy atom. The van der Waals surface area contributed by atoms with Gasteiger partial charge in [0.15, 0.2) is 0 Å². The Bertz CT molecular complexity index is 923. The predicted octanol–water partition coefficient (Wildman–Crippen LogP) is 2.78. The number of rotatable bonds is 3. The second-order valence-corrected chi connectivity index (χ2v) is 5.00.